The maximum atomic E-state index is 12.9. The molecule has 2 atom stereocenters. The van der Waals surface area contributed by atoms with Crippen molar-refractivity contribution < 1.29 is 9.90 Å². The Balaban J connectivity index is 2.06. The molecule has 7 heteroatoms. The number of aliphatic hydroxyl groups excluding tert-OH is 1. The van der Waals surface area contributed by atoms with Crippen LogP contribution in [0.4, 0.5) is 0 Å². The zero-order valence-corrected chi connectivity index (χ0v) is 12.7. The summed E-state index contributed by atoms with van der Waals surface area (Å²) in [4.78, 5) is 33.3. The number of likely N-dealkylation sites (tertiary alicyclic amines) is 1. The molecule has 0 radical (unpaired) electrons. The Labute approximate surface area is 127 Å². The lowest BCUT2D eigenvalue weighted by Gasteiger charge is -2.26. The van der Waals surface area contributed by atoms with Gasteiger partial charge in [0.2, 0.25) is 5.56 Å². The Morgan fingerprint density at radius 1 is 1.55 bits per heavy atom. The predicted octanol–water partition coefficient (Wildman–Crippen LogP) is 0.495. The van der Waals surface area contributed by atoms with Gasteiger partial charge in [-0.05, 0) is 12.8 Å². The first-order valence-electron chi connectivity index (χ1n) is 7.53. The smallest absolute Gasteiger partial charge is 0.256 e. The first-order valence-corrected chi connectivity index (χ1v) is 7.53. The van der Waals surface area contributed by atoms with Gasteiger partial charge in [-0.25, -0.2) is 4.98 Å². The highest BCUT2D eigenvalue weighted by Gasteiger charge is 2.36. The highest BCUT2D eigenvalue weighted by Crippen LogP contribution is 2.28. The van der Waals surface area contributed by atoms with Gasteiger partial charge in [0.25, 0.3) is 5.91 Å². The van der Waals surface area contributed by atoms with E-state index in [1.165, 1.54) is 6.07 Å². The number of nitrogens with one attached hydrogen (secondary N) is 1. The SMILES string of the molecule is CCC1C(CO)CCN1C(=O)c1cc(=O)[nH]c2ncn(C)c12. The molecule has 0 saturated carbocycles. The van der Waals surface area contributed by atoms with Crippen molar-refractivity contribution in [3.05, 3.63) is 28.3 Å². The molecule has 0 aromatic carbocycles. The van der Waals surface area contributed by atoms with Gasteiger partial charge in [-0.2, -0.15) is 0 Å². The summed E-state index contributed by atoms with van der Waals surface area (Å²) in [5, 5.41) is 9.46. The minimum atomic E-state index is -0.333. The van der Waals surface area contributed by atoms with E-state index < -0.39 is 0 Å². The largest absolute Gasteiger partial charge is 0.396 e. The summed E-state index contributed by atoms with van der Waals surface area (Å²) in [5.74, 6) is -0.0551. The maximum Gasteiger partial charge on any atom is 0.256 e. The normalized spacial score (nSPS) is 21.7. The van der Waals surface area contributed by atoms with Crippen LogP contribution in [0.2, 0.25) is 0 Å². The predicted molar refractivity (Wildman–Crippen MR) is 81.6 cm³/mol. The molecular weight excluding hydrogens is 284 g/mol. The first kappa shape index (κ1) is 14.8. The van der Waals surface area contributed by atoms with Crippen LogP contribution in [0.5, 0.6) is 0 Å². The van der Waals surface area contributed by atoms with Crippen LogP contribution in [0.25, 0.3) is 11.2 Å². The molecule has 0 spiro atoms. The number of fused-ring (bicyclic) bond motifs is 1. The van der Waals surface area contributed by atoms with Crippen LogP contribution in [0, 0.1) is 5.92 Å². The molecule has 2 N–H and O–H groups in total. The number of aliphatic hydroxyl groups is 1. The number of aryl methyl sites for hydroxylation is 1. The third-order valence-corrected chi connectivity index (χ3v) is 4.54. The molecule has 3 rings (SSSR count). The zero-order valence-electron chi connectivity index (χ0n) is 12.7. The molecule has 22 heavy (non-hydrogen) atoms. The highest BCUT2D eigenvalue weighted by atomic mass is 16.3. The van der Waals surface area contributed by atoms with Gasteiger partial charge >= 0.3 is 0 Å². The molecule has 0 aliphatic carbocycles. The summed E-state index contributed by atoms with van der Waals surface area (Å²) in [7, 11) is 1.79. The average Bonchev–Trinajstić information content (AvgIpc) is 3.09. The van der Waals surface area contributed by atoms with Gasteiger partial charge in [-0.15, -0.1) is 0 Å². The number of H-pyrrole nitrogens is 1. The monoisotopic (exact) mass is 304 g/mol. The Morgan fingerprint density at radius 3 is 3.00 bits per heavy atom. The Kier molecular flexibility index (Phi) is 3.74. The van der Waals surface area contributed by atoms with E-state index in [9.17, 15) is 14.7 Å². The molecule has 1 aliphatic heterocycles. The Hall–Kier alpha value is -2.15. The van der Waals surface area contributed by atoms with Crippen molar-refractivity contribution in [2.75, 3.05) is 13.2 Å². The molecule has 2 aromatic heterocycles. The molecule has 3 heterocycles. The quantitative estimate of drug-likeness (QED) is 0.863. The van der Waals surface area contributed by atoms with Crippen molar-refractivity contribution in [3.63, 3.8) is 0 Å². The first-order chi connectivity index (χ1) is 10.6. The topological polar surface area (TPSA) is 91.2 Å². The van der Waals surface area contributed by atoms with Gasteiger partial charge in [-0.3, -0.25) is 9.59 Å². The third-order valence-electron chi connectivity index (χ3n) is 4.54. The summed E-state index contributed by atoms with van der Waals surface area (Å²) in [6, 6.07) is 1.35. The van der Waals surface area contributed by atoms with E-state index in [-0.39, 0.29) is 30.0 Å². The van der Waals surface area contributed by atoms with Gasteiger partial charge in [0, 0.05) is 38.2 Å². The van der Waals surface area contributed by atoms with Crippen molar-refractivity contribution in [2.24, 2.45) is 13.0 Å². The number of nitrogens with zero attached hydrogens (tertiary/aromatic N) is 3. The summed E-state index contributed by atoms with van der Waals surface area (Å²) < 4.78 is 1.74. The van der Waals surface area contributed by atoms with E-state index in [1.807, 2.05) is 6.92 Å². The van der Waals surface area contributed by atoms with Crippen molar-refractivity contribution >= 4 is 17.1 Å². The number of rotatable bonds is 3. The van der Waals surface area contributed by atoms with E-state index in [4.69, 9.17) is 0 Å². The maximum absolute atomic E-state index is 12.9. The molecule has 1 saturated heterocycles. The van der Waals surface area contributed by atoms with Crippen LogP contribution in [-0.4, -0.2) is 49.6 Å². The van der Waals surface area contributed by atoms with Crippen LogP contribution in [0.3, 0.4) is 0 Å². The van der Waals surface area contributed by atoms with Gasteiger partial charge in [0.15, 0.2) is 5.65 Å². The number of carbonyl (C=O) groups excluding carboxylic acids is 1. The lowest BCUT2D eigenvalue weighted by atomic mass is 9.99. The average molecular weight is 304 g/mol. The lowest BCUT2D eigenvalue weighted by Crippen LogP contribution is -2.38. The second kappa shape index (κ2) is 5.57. The fourth-order valence-corrected chi connectivity index (χ4v) is 3.45. The number of hydrogen-bond acceptors (Lipinski definition) is 4. The lowest BCUT2D eigenvalue weighted by molar-refractivity contribution is 0.0696. The van der Waals surface area contributed by atoms with E-state index in [0.29, 0.717) is 23.3 Å². The molecule has 1 fully saturated rings. The van der Waals surface area contributed by atoms with E-state index in [0.717, 1.165) is 12.8 Å². The fourth-order valence-electron chi connectivity index (χ4n) is 3.45. The fraction of sp³-hybridized carbons (Fsp3) is 0.533. The van der Waals surface area contributed by atoms with Crippen LogP contribution in [-0.2, 0) is 7.05 Å². The minimum absolute atomic E-state index is 0.0139. The number of aromatic amines is 1. The van der Waals surface area contributed by atoms with E-state index in [1.54, 1.807) is 22.8 Å². The van der Waals surface area contributed by atoms with Crippen LogP contribution < -0.4 is 5.56 Å². The molecule has 2 aromatic rings. The molecular formula is C15H20N4O3. The standard InChI is InChI=1S/C15H20N4O3/c1-3-11-9(7-20)4-5-19(11)15(22)10-6-12(21)17-14-13(10)18(2)8-16-14/h6,8-9,11,20H,3-5,7H2,1-2H3,(H,17,21). The molecule has 1 amide bonds. The van der Waals surface area contributed by atoms with Crippen LogP contribution in [0.1, 0.15) is 30.1 Å². The van der Waals surface area contributed by atoms with Gasteiger partial charge < -0.3 is 19.6 Å². The van der Waals surface area contributed by atoms with Crippen LogP contribution in [0.15, 0.2) is 17.2 Å². The number of hydrogen-bond donors (Lipinski definition) is 2. The molecule has 7 nitrogen and oxygen atoms in total. The number of amides is 1. The molecule has 1 aliphatic rings. The van der Waals surface area contributed by atoms with Crippen molar-refractivity contribution in [3.8, 4) is 0 Å². The number of pyridine rings is 1. The van der Waals surface area contributed by atoms with Gasteiger partial charge in [0.1, 0.15) is 0 Å². The van der Waals surface area contributed by atoms with E-state index in [2.05, 4.69) is 9.97 Å². The minimum Gasteiger partial charge on any atom is -0.396 e. The summed E-state index contributed by atoms with van der Waals surface area (Å²) in [6.07, 6.45) is 3.16. The van der Waals surface area contributed by atoms with Crippen molar-refractivity contribution in [1.29, 1.82) is 0 Å². The Morgan fingerprint density at radius 2 is 2.32 bits per heavy atom. The second-order valence-electron chi connectivity index (χ2n) is 5.81. The number of imidazole rings is 1. The Bertz CT molecular complexity index is 764. The molecule has 2 unspecified atom stereocenters. The van der Waals surface area contributed by atoms with Gasteiger partial charge in [-0.1, -0.05) is 6.92 Å². The summed E-state index contributed by atoms with van der Waals surface area (Å²) in [5.41, 5.74) is 1.09. The second-order valence-corrected chi connectivity index (χ2v) is 5.81. The highest BCUT2D eigenvalue weighted by molar-refractivity contribution is 6.04. The third kappa shape index (κ3) is 2.21. The summed E-state index contributed by atoms with van der Waals surface area (Å²) >= 11 is 0. The summed E-state index contributed by atoms with van der Waals surface area (Å²) in [6.45, 7) is 2.70. The zero-order chi connectivity index (χ0) is 15.9. The number of carbonyl (C=O) groups is 1. The van der Waals surface area contributed by atoms with Crippen molar-refractivity contribution in [1.82, 2.24) is 19.4 Å². The number of aromatic nitrogens is 3. The van der Waals surface area contributed by atoms with E-state index >= 15 is 0 Å². The molecule has 118 valence electrons. The van der Waals surface area contributed by atoms with Crippen LogP contribution >= 0.6 is 0 Å². The van der Waals surface area contributed by atoms with Crippen molar-refractivity contribution in [2.45, 2.75) is 25.8 Å². The molecule has 0 bridgehead atoms. The van der Waals surface area contributed by atoms with Gasteiger partial charge in [0.05, 0.1) is 17.4 Å².